The van der Waals surface area contributed by atoms with Crippen molar-refractivity contribution in [3.8, 4) is 0 Å². The molecule has 0 bridgehead atoms. The summed E-state index contributed by atoms with van der Waals surface area (Å²) in [5.41, 5.74) is 4.28. The Kier molecular flexibility index (Phi) is 18.4. The highest BCUT2D eigenvalue weighted by atomic mass is 14.8. The van der Waals surface area contributed by atoms with Crippen LogP contribution in [-0.2, 0) is 0 Å². The van der Waals surface area contributed by atoms with E-state index < -0.39 is 0 Å². The molecule has 0 aromatic heterocycles. The van der Waals surface area contributed by atoms with E-state index in [-0.39, 0.29) is 44.6 Å². The number of rotatable bonds is 4. The van der Waals surface area contributed by atoms with Gasteiger partial charge in [0.1, 0.15) is 0 Å². The van der Waals surface area contributed by atoms with Crippen molar-refractivity contribution >= 4 is 0 Å². The zero-order valence-electron chi connectivity index (χ0n) is 23.8. The Balaban J connectivity index is -0.000000614. The third-order valence-electron chi connectivity index (χ3n) is 12.7. The van der Waals surface area contributed by atoms with Crippen LogP contribution in [0.4, 0.5) is 0 Å². The predicted molar refractivity (Wildman–Crippen MR) is 183 cm³/mol. The standard InChI is InChI=1S/C29H50.C3H8.6CH4/c1-9-10-11-22(3)26(5)18-19-29(8)27(6)16-13-23-20-21(2)12-15-25(23,4)24(27)14-17-28(26,29)7;1-3-2;;;;;;/h13,21-22,24H,9-12,14-20H2,1-8H3;3H2,1-2H3;6*1H4/t21-,22+,24?,25-,26+,27+,28+,29-;;;;;;;/m0......./s1. The van der Waals surface area contributed by atoms with E-state index in [1.165, 1.54) is 77.0 Å². The topological polar surface area (TPSA) is 0 Å². The fourth-order valence-corrected chi connectivity index (χ4v) is 9.78. The van der Waals surface area contributed by atoms with Gasteiger partial charge in [0, 0.05) is 0 Å². The van der Waals surface area contributed by atoms with Crippen LogP contribution in [-0.4, -0.2) is 0 Å². The summed E-state index contributed by atoms with van der Waals surface area (Å²) in [5, 5.41) is 0. The van der Waals surface area contributed by atoms with Gasteiger partial charge in [-0.1, -0.05) is 151 Å². The third kappa shape index (κ3) is 6.15. The molecule has 4 aliphatic carbocycles. The van der Waals surface area contributed by atoms with Gasteiger partial charge in [-0.25, -0.2) is 0 Å². The monoisotopic (exact) mass is 539 g/mol. The zero-order chi connectivity index (χ0) is 24.0. The molecule has 4 rings (SSSR count). The Morgan fingerprint density at radius 1 is 0.789 bits per heavy atom. The zero-order valence-corrected chi connectivity index (χ0v) is 23.8. The molecule has 234 valence electrons. The van der Waals surface area contributed by atoms with Gasteiger partial charge in [0.05, 0.1) is 0 Å². The second-order valence-corrected chi connectivity index (χ2v) is 14.0. The molecule has 0 nitrogen and oxygen atoms in total. The highest BCUT2D eigenvalue weighted by Crippen LogP contribution is 2.80. The lowest BCUT2D eigenvalue weighted by Crippen LogP contribution is -2.62. The number of fused-ring (bicyclic) bond motifs is 5. The van der Waals surface area contributed by atoms with E-state index in [9.17, 15) is 0 Å². The molecule has 0 heteroatoms. The van der Waals surface area contributed by atoms with E-state index in [2.05, 4.69) is 75.3 Å². The van der Waals surface area contributed by atoms with Crippen molar-refractivity contribution < 1.29 is 0 Å². The van der Waals surface area contributed by atoms with Crippen molar-refractivity contribution in [3.05, 3.63) is 11.6 Å². The van der Waals surface area contributed by atoms with Crippen LogP contribution in [0.3, 0.4) is 0 Å². The smallest absolute Gasteiger partial charge is 0.00824 e. The Morgan fingerprint density at radius 3 is 1.87 bits per heavy atom. The maximum Gasteiger partial charge on any atom is -0.00824 e. The van der Waals surface area contributed by atoms with Crippen LogP contribution in [0.2, 0.25) is 0 Å². The first-order valence-electron chi connectivity index (χ1n) is 14.6. The average Bonchev–Trinajstić information content (AvgIpc) is 2.96. The molecule has 0 amide bonds. The molecular weight excluding hydrogens is 456 g/mol. The van der Waals surface area contributed by atoms with Crippen LogP contribution in [0.15, 0.2) is 11.6 Å². The van der Waals surface area contributed by atoms with Crippen molar-refractivity contribution in [1.82, 2.24) is 0 Å². The molecule has 3 fully saturated rings. The maximum absolute atomic E-state index is 2.76. The first-order valence-corrected chi connectivity index (χ1v) is 14.6. The summed E-state index contributed by atoms with van der Waals surface area (Å²) in [6.45, 7) is 25.3. The Hall–Kier alpha value is -0.260. The van der Waals surface area contributed by atoms with E-state index in [0.717, 1.165) is 17.8 Å². The lowest BCUT2D eigenvalue weighted by molar-refractivity contribution is -0.189. The molecular formula is C38H82. The van der Waals surface area contributed by atoms with E-state index in [0.29, 0.717) is 27.1 Å². The second kappa shape index (κ2) is 15.7. The van der Waals surface area contributed by atoms with Crippen molar-refractivity contribution in [2.45, 2.75) is 191 Å². The maximum atomic E-state index is 2.76. The molecule has 0 heterocycles. The van der Waals surface area contributed by atoms with Crippen LogP contribution in [0.1, 0.15) is 191 Å². The average molecular weight is 539 g/mol. The molecule has 0 aromatic rings. The summed E-state index contributed by atoms with van der Waals surface area (Å²) < 4.78 is 0. The number of hydrogen-bond acceptors (Lipinski definition) is 0. The first kappa shape index (κ1) is 44.7. The summed E-state index contributed by atoms with van der Waals surface area (Å²) in [7, 11) is 0. The molecule has 4 aliphatic rings. The summed E-state index contributed by atoms with van der Waals surface area (Å²) in [5.74, 6) is 2.65. The molecule has 8 atom stereocenters. The van der Waals surface area contributed by atoms with E-state index in [1.54, 1.807) is 0 Å². The molecule has 1 unspecified atom stereocenters. The third-order valence-corrected chi connectivity index (χ3v) is 12.7. The molecule has 0 saturated heterocycles. The van der Waals surface area contributed by atoms with Gasteiger partial charge in [-0.2, -0.15) is 0 Å². The molecule has 0 aliphatic heterocycles. The fourth-order valence-electron chi connectivity index (χ4n) is 9.78. The van der Waals surface area contributed by atoms with Crippen LogP contribution >= 0.6 is 0 Å². The second-order valence-electron chi connectivity index (χ2n) is 14.0. The number of hydrogen-bond donors (Lipinski definition) is 0. The molecule has 0 spiro atoms. The summed E-state index contributed by atoms with van der Waals surface area (Å²) >= 11 is 0. The van der Waals surface area contributed by atoms with Gasteiger partial charge < -0.3 is 0 Å². The molecule has 3 saturated carbocycles. The largest absolute Gasteiger partial charge is 0.0842 e. The Morgan fingerprint density at radius 2 is 1.34 bits per heavy atom. The quantitative estimate of drug-likeness (QED) is 0.312. The van der Waals surface area contributed by atoms with Crippen molar-refractivity contribution in [2.75, 3.05) is 0 Å². The first-order chi connectivity index (χ1) is 14.9. The van der Waals surface area contributed by atoms with Crippen LogP contribution < -0.4 is 0 Å². The normalized spacial score (nSPS) is 40.8. The predicted octanol–water partition coefficient (Wildman–Crippen LogP) is 14.4. The van der Waals surface area contributed by atoms with E-state index >= 15 is 0 Å². The summed E-state index contributed by atoms with van der Waals surface area (Å²) in [6, 6.07) is 0. The van der Waals surface area contributed by atoms with Crippen LogP contribution in [0.5, 0.6) is 0 Å². The lowest BCUT2D eigenvalue weighted by Gasteiger charge is -2.69. The van der Waals surface area contributed by atoms with E-state index in [4.69, 9.17) is 0 Å². The Bertz CT molecular complexity index is 688. The molecule has 0 N–H and O–H groups in total. The van der Waals surface area contributed by atoms with Crippen molar-refractivity contribution in [3.63, 3.8) is 0 Å². The number of allylic oxidation sites excluding steroid dienone is 2. The van der Waals surface area contributed by atoms with Crippen LogP contribution in [0.25, 0.3) is 0 Å². The summed E-state index contributed by atoms with van der Waals surface area (Å²) in [4.78, 5) is 0. The fraction of sp³-hybridized carbons (Fsp3) is 0.947. The molecule has 38 heavy (non-hydrogen) atoms. The van der Waals surface area contributed by atoms with Gasteiger partial charge in [0.25, 0.3) is 0 Å². The number of unbranched alkanes of at least 4 members (excludes halogenated alkanes) is 1. The molecule has 0 radical (unpaired) electrons. The minimum atomic E-state index is 0. The highest BCUT2D eigenvalue weighted by Gasteiger charge is 2.72. The van der Waals surface area contributed by atoms with Gasteiger partial charge in [-0.15, -0.1) is 0 Å². The highest BCUT2D eigenvalue weighted by molar-refractivity contribution is 5.30. The van der Waals surface area contributed by atoms with Gasteiger partial charge in [0.15, 0.2) is 0 Å². The van der Waals surface area contributed by atoms with Gasteiger partial charge in [-0.05, 0) is 96.2 Å². The van der Waals surface area contributed by atoms with Gasteiger partial charge in [0.2, 0.25) is 0 Å². The summed E-state index contributed by atoms with van der Waals surface area (Å²) in [6.07, 6.45) is 19.7. The Labute approximate surface area is 247 Å². The SMILES string of the molecule is C.C.C.C.C.C.CCC.CCCC[C@@H](C)[C@@]1(C)CC[C@]2(C)[C@]1(C)CCC1[C@@]3(C)CC[C@H](C)CC3=CC[C@]12C. The van der Waals surface area contributed by atoms with E-state index in [1.807, 2.05) is 5.57 Å². The molecule has 0 aromatic carbocycles. The van der Waals surface area contributed by atoms with Gasteiger partial charge >= 0.3 is 0 Å². The van der Waals surface area contributed by atoms with Crippen molar-refractivity contribution in [1.29, 1.82) is 0 Å². The van der Waals surface area contributed by atoms with Gasteiger partial charge in [-0.3, -0.25) is 0 Å². The van der Waals surface area contributed by atoms with Crippen molar-refractivity contribution in [2.24, 2.45) is 44.8 Å². The minimum Gasteiger partial charge on any atom is -0.0842 e. The van der Waals surface area contributed by atoms with Crippen LogP contribution in [0, 0.1) is 44.8 Å². The lowest BCUT2D eigenvalue weighted by atomic mass is 9.35. The minimum absolute atomic E-state index is 0.